The number of rotatable bonds is 5. The van der Waals surface area contributed by atoms with Gasteiger partial charge in [0.2, 0.25) is 0 Å². The molecule has 0 spiro atoms. The second kappa shape index (κ2) is 7.58. The molecule has 1 aliphatic carbocycles. The molecule has 122 valence electrons. The number of hydrogen-bond acceptors (Lipinski definition) is 4. The zero-order valence-corrected chi connectivity index (χ0v) is 13.8. The number of amides is 1. The van der Waals surface area contributed by atoms with Gasteiger partial charge in [-0.1, -0.05) is 6.42 Å². The summed E-state index contributed by atoms with van der Waals surface area (Å²) in [6.45, 7) is 7.14. The fraction of sp³-hybridized carbons (Fsp3) is 0.647. The van der Waals surface area contributed by atoms with Crippen LogP contribution in [0.4, 0.5) is 4.79 Å². The van der Waals surface area contributed by atoms with Gasteiger partial charge in [0, 0.05) is 31.5 Å². The van der Waals surface area contributed by atoms with E-state index >= 15 is 0 Å². The van der Waals surface area contributed by atoms with E-state index in [1.54, 1.807) is 0 Å². The zero-order chi connectivity index (χ0) is 16.0. The maximum Gasteiger partial charge on any atom is 0.407 e. The lowest BCUT2D eigenvalue weighted by Crippen LogP contribution is -2.40. The number of carbonyl (C=O) groups excluding carboxylic acids is 1. The monoisotopic (exact) mass is 305 g/mol. The van der Waals surface area contributed by atoms with Crippen molar-refractivity contribution in [2.45, 2.75) is 58.2 Å². The van der Waals surface area contributed by atoms with Crippen molar-refractivity contribution in [1.82, 2.24) is 15.6 Å². The van der Waals surface area contributed by atoms with Crippen LogP contribution in [0.2, 0.25) is 0 Å². The molecule has 0 aromatic carbocycles. The summed E-state index contributed by atoms with van der Waals surface area (Å²) in [7, 11) is 0. The molecule has 2 rings (SSSR count). The molecule has 1 fully saturated rings. The van der Waals surface area contributed by atoms with Crippen molar-refractivity contribution in [2.24, 2.45) is 5.92 Å². The highest BCUT2D eigenvalue weighted by atomic mass is 16.6. The number of alkyl carbamates (subject to hydrolysis) is 1. The van der Waals surface area contributed by atoms with E-state index in [0.29, 0.717) is 18.5 Å². The number of nitrogens with one attached hydrogen (secondary N) is 2. The van der Waals surface area contributed by atoms with E-state index in [0.717, 1.165) is 19.4 Å². The maximum atomic E-state index is 11.7. The molecule has 5 nitrogen and oxygen atoms in total. The third kappa shape index (κ3) is 5.64. The van der Waals surface area contributed by atoms with Gasteiger partial charge in [-0.25, -0.2) is 4.79 Å². The molecule has 0 radical (unpaired) electrons. The van der Waals surface area contributed by atoms with Crippen molar-refractivity contribution in [3.63, 3.8) is 0 Å². The van der Waals surface area contributed by atoms with Crippen LogP contribution >= 0.6 is 0 Å². The molecule has 2 N–H and O–H groups in total. The Morgan fingerprint density at radius 1 is 1.32 bits per heavy atom. The van der Waals surface area contributed by atoms with Crippen LogP contribution in [0.5, 0.6) is 0 Å². The van der Waals surface area contributed by atoms with Crippen LogP contribution in [0.15, 0.2) is 24.5 Å². The highest BCUT2D eigenvalue weighted by Crippen LogP contribution is 2.25. The molecule has 5 heteroatoms. The Kier molecular flexibility index (Phi) is 5.77. The van der Waals surface area contributed by atoms with Crippen LogP contribution in [-0.4, -0.2) is 29.3 Å². The second-order valence-corrected chi connectivity index (χ2v) is 6.92. The third-order valence-electron chi connectivity index (χ3n) is 3.88. The van der Waals surface area contributed by atoms with Crippen molar-refractivity contribution in [2.75, 3.05) is 6.54 Å². The molecule has 1 saturated carbocycles. The molecule has 0 bridgehead atoms. The number of nitrogens with zero attached hydrogens (tertiary/aromatic N) is 1. The first-order chi connectivity index (χ1) is 10.4. The molecular weight excluding hydrogens is 278 g/mol. The average molecular weight is 305 g/mol. The van der Waals surface area contributed by atoms with Gasteiger partial charge >= 0.3 is 6.09 Å². The van der Waals surface area contributed by atoms with E-state index in [-0.39, 0.29) is 6.09 Å². The minimum absolute atomic E-state index is 0.327. The zero-order valence-electron chi connectivity index (χ0n) is 13.8. The largest absolute Gasteiger partial charge is 0.444 e. The molecule has 1 aliphatic rings. The lowest BCUT2D eigenvalue weighted by atomic mass is 10.0. The Bertz CT molecular complexity index is 471. The van der Waals surface area contributed by atoms with E-state index in [9.17, 15) is 4.79 Å². The van der Waals surface area contributed by atoms with Gasteiger partial charge in [0.05, 0.1) is 0 Å². The van der Waals surface area contributed by atoms with Gasteiger partial charge in [-0.2, -0.15) is 0 Å². The van der Waals surface area contributed by atoms with Crippen LogP contribution < -0.4 is 10.6 Å². The Morgan fingerprint density at radius 3 is 2.73 bits per heavy atom. The minimum atomic E-state index is -0.446. The Morgan fingerprint density at radius 2 is 2.05 bits per heavy atom. The first kappa shape index (κ1) is 16.7. The smallest absolute Gasteiger partial charge is 0.407 e. The highest BCUT2D eigenvalue weighted by molar-refractivity contribution is 5.67. The van der Waals surface area contributed by atoms with E-state index in [1.165, 1.54) is 12.0 Å². The van der Waals surface area contributed by atoms with Crippen molar-refractivity contribution < 1.29 is 9.53 Å². The summed E-state index contributed by atoms with van der Waals surface area (Å²) in [6.07, 6.45) is 6.80. The molecule has 0 saturated heterocycles. The normalized spacial score (nSPS) is 21.6. The lowest BCUT2D eigenvalue weighted by Gasteiger charge is -2.23. The maximum absolute atomic E-state index is 11.7. The Hall–Kier alpha value is -1.62. The minimum Gasteiger partial charge on any atom is -0.444 e. The van der Waals surface area contributed by atoms with Gasteiger partial charge in [0.1, 0.15) is 5.60 Å². The number of carbonyl (C=O) groups is 1. The van der Waals surface area contributed by atoms with Crippen LogP contribution in [0.3, 0.4) is 0 Å². The van der Waals surface area contributed by atoms with Crippen LogP contribution in [0, 0.1) is 5.92 Å². The summed E-state index contributed by atoms with van der Waals surface area (Å²) in [6, 6.07) is 4.49. The SMILES string of the molecule is CC(C)(C)OC(=O)NCC1CCCC1NCc1ccncc1. The number of aromatic nitrogens is 1. The quantitative estimate of drug-likeness (QED) is 0.878. The van der Waals surface area contributed by atoms with Gasteiger partial charge in [-0.15, -0.1) is 0 Å². The Balaban J connectivity index is 1.75. The number of hydrogen-bond donors (Lipinski definition) is 2. The number of ether oxygens (including phenoxy) is 1. The third-order valence-corrected chi connectivity index (χ3v) is 3.88. The predicted octanol–water partition coefficient (Wildman–Crippen LogP) is 2.86. The molecule has 2 atom stereocenters. The van der Waals surface area contributed by atoms with Crippen molar-refractivity contribution in [3.8, 4) is 0 Å². The topological polar surface area (TPSA) is 63.2 Å². The number of pyridine rings is 1. The van der Waals surface area contributed by atoms with E-state index in [1.807, 2.05) is 45.3 Å². The molecule has 1 heterocycles. The van der Waals surface area contributed by atoms with Crippen LogP contribution in [-0.2, 0) is 11.3 Å². The predicted molar refractivity (Wildman–Crippen MR) is 86.4 cm³/mol. The van der Waals surface area contributed by atoms with Gasteiger partial charge in [0.15, 0.2) is 0 Å². The van der Waals surface area contributed by atoms with Crippen molar-refractivity contribution in [3.05, 3.63) is 30.1 Å². The first-order valence-corrected chi connectivity index (χ1v) is 8.03. The van der Waals surface area contributed by atoms with Gasteiger partial charge in [0.25, 0.3) is 0 Å². The second-order valence-electron chi connectivity index (χ2n) is 6.92. The Labute approximate surface area is 132 Å². The molecular formula is C17H27N3O2. The molecule has 2 unspecified atom stereocenters. The van der Waals surface area contributed by atoms with E-state index < -0.39 is 5.60 Å². The summed E-state index contributed by atoms with van der Waals surface area (Å²) in [5.74, 6) is 0.467. The standard InChI is InChI=1S/C17H27N3O2/c1-17(2,3)22-16(21)20-12-14-5-4-6-15(14)19-11-13-7-9-18-10-8-13/h7-10,14-15,19H,4-6,11-12H2,1-3H3,(H,20,21). The average Bonchev–Trinajstić information content (AvgIpc) is 2.90. The summed E-state index contributed by atoms with van der Waals surface area (Å²) in [5, 5.41) is 6.50. The fourth-order valence-electron chi connectivity index (χ4n) is 2.83. The van der Waals surface area contributed by atoms with Crippen molar-refractivity contribution >= 4 is 6.09 Å². The molecule has 0 aliphatic heterocycles. The van der Waals surface area contributed by atoms with Gasteiger partial charge in [-0.3, -0.25) is 4.98 Å². The molecule has 1 aromatic heterocycles. The van der Waals surface area contributed by atoms with Crippen molar-refractivity contribution in [1.29, 1.82) is 0 Å². The molecule has 22 heavy (non-hydrogen) atoms. The summed E-state index contributed by atoms with van der Waals surface area (Å²) < 4.78 is 5.28. The summed E-state index contributed by atoms with van der Waals surface area (Å²) in [5.41, 5.74) is 0.791. The van der Waals surface area contributed by atoms with Crippen LogP contribution in [0.1, 0.15) is 45.6 Å². The van der Waals surface area contributed by atoms with Crippen LogP contribution in [0.25, 0.3) is 0 Å². The summed E-state index contributed by atoms with van der Waals surface area (Å²) in [4.78, 5) is 15.8. The van der Waals surface area contributed by atoms with E-state index in [2.05, 4.69) is 15.6 Å². The summed E-state index contributed by atoms with van der Waals surface area (Å²) >= 11 is 0. The van der Waals surface area contributed by atoms with E-state index in [4.69, 9.17) is 4.74 Å². The highest BCUT2D eigenvalue weighted by Gasteiger charge is 2.27. The van der Waals surface area contributed by atoms with Gasteiger partial charge in [-0.05, 0) is 57.2 Å². The fourth-order valence-corrected chi connectivity index (χ4v) is 2.83. The first-order valence-electron chi connectivity index (χ1n) is 8.03. The lowest BCUT2D eigenvalue weighted by molar-refractivity contribution is 0.0517. The van der Waals surface area contributed by atoms with Gasteiger partial charge < -0.3 is 15.4 Å². The molecule has 1 aromatic rings. The molecule has 1 amide bonds.